The number of halogens is 1. The molecule has 0 aliphatic heterocycles. The third kappa shape index (κ3) is 4.90. The van der Waals surface area contributed by atoms with Crippen LogP contribution in [-0.4, -0.2) is 18.4 Å². The zero-order valence-corrected chi connectivity index (χ0v) is 12.4. The van der Waals surface area contributed by atoms with Crippen molar-refractivity contribution in [2.75, 3.05) is 12.3 Å². The molecule has 5 N–H and O–H groups in total. The van der Waals surface area contributed by atoms with Crippen LogP contribution in [0.4, 0.5) is 5.69 Å². The first kappa shape index (κ1) is 15.5. The quantitative estimate of drug-likeness (QED) is 0.548. The average Bonchev–Trinajstić information content (AvgIpc) is 2.32. The van der Waals surface area contributed by atoms with E-state index in [1.807, 2.05) is 6.92 Å². The Labute approximate surface area is 120 Å². The molecule has 0 heterocycles. The molecule has 5 nitrogen and oxygen atoms in total. The van der Waals surface area contributed by atoms with E-state index in [0.717, 1.165) is 16.5 Å². The first-order valence-electron chi connectivity index (χ1n) is 6.04. The van der Waals surface area contributed by atoms with Gasteiger partial charge in [0.2, 0.25) is 5.91 Å². The molecule has 0 unspecified atom stereocenters. The number of carbonyl (C=O) groups excluding carboxylic acids is 2. The lowest BCUT2D eigenvalue weighted by Gasteiger charge is -2.10. The average molecular weight is 328 g/mol. The van der Waals surface area contributed by atoms with Gasteiger partial charge in [0.15, 0.2) is 0 Å². The van der Waals surface area contributed by atoms with E-state index >= 15 is 0 Å². The SMILES string of the molecule is Cc1c(N)cc(Br)cc1C(=O)NCCCCC(N)=O. The maximum absolute atomic E-state index is 12.0. The van der Waals surface area contributed by atoms with Crippen LogP contribution in [0.1, 0.15) is 35.2 Å². The molecule has 0 bridgehead atoms. The van der Waals surface area contributed by atoms with Gasteiger partial charge in [-0.15, -0.1) is 0 Å². The van der Waals surface area contributed by atoms with Crippen LogP contribution in [0.15, 0.2) is 16.6 Å². The summed E-state index contributed by atoms with van der Waals surface area (Å²) in [6, 6.07) is 3.50. The van der Waals surface area contributed by atoms with Gasteiger partial charge in [-0.1, -0.05) is 15.9 Å². The Balaban J connectivity index is 2.52. The minimum atomic E-state index is -0.318. The van der Waals surface area contributed by atoms with E-state index in [1.165, 1.54) is 0 Å². The van der Waals surface area contributed by atoms with E-state index in [4.69, 9.17) is 11.5 Å². The van der Waals surface area contributed by atoms with Gasteiger partial charge in [-0.25, -0.2) is 0 Å². The number of amides is 2. The Hall–Kier alpha value is -1.56. The molecule has 0 aliphatic carbocycles. The van der Waals surface area contributed by atoms with Gasteiger partial charge in [0.1, 0.15) is 0 Å². The van der Waals surface area contributed by atoms with Gasteiger partial charge in [-0.2, -0.15) is 0 Å². The predicted molar refractivity (Wildman–Crippen MR) is 78.7 cm³/mol. The number of unbranched alkanes of at least 4 members (excludes halogenated alkanes) is 1. The van der Waals surface area contributed by atoms with E-state index in [-0.39, 0.29) is 11.8 Å². The Morgan fingerprint density at radius 2 is 2.00 bits per heavy atom. The molecular weight excluding hydrogens is 310 g/mol. The third-order valence-corrected chi connectivity index (χ3v) is 3.25. The third-order valence-electron chi connectivity index (χ3n) is 2.79. The van der Waals surface area contributed by atoms with Gasteiger partial charge >= 0.3 is 0 Å². The standard InChI is InChI=1S/C13H18BrN3O2/c1-8-10(6-9(14)7-11(8)15)13(19)17-5-3-2-4-12(16)18/h6-7H,2-5,15H2,1H3,(H2,16,18)(H,17,19). The fourth-order valence-electron chi connectivity index (χ4n) is 1.66. The lowest BCUT2D eigenvalue weighted by atomic mass is 10.1. The highest BCUT2D eigenvalue weighted by Gasteiger charge is 2.11. The van der Waals surface area contributed by atoms with Crippen molar-refractivity contribution < 1.29 is 9.59 Å². The zero-order chi connectivity index (χ0) is 14.4. The van der Waals surface area contributed by atoms with Crippen molar-refractivity contribution >= 4 is 33.4 Å². The minimum Gasteiger partial charge on any atom is -0.398 e. The van der Waals surface area contributed by atoms with Gasteiger partial charge in [-0.05, 0) is 37.5 Å². The van der Waals surface area contributed by atoms with Crippen molar-refractivity contribution in [3.05, 3.63) is 27.7 Å². The zero-order valence-electron chi connectivity index (χ0n) is 10.8. The molecule has 2 amide bonds. The van der Waals surface area contributed by atoms with Crippen molar-refractivity contribution in [1.82, 2.24) is 5.32 Å². The Morgan fingerprint density at radius 1 is 1.32 bits per heavy atom. The summed E-state index contributed by atoms with van der Waals surface area (Å²) in [4.78, 5) is 22.5. The predicted octanol–water partition coefficient (Wildman–Crippen LogP) is 1.73. The molecule has 1 aromatic carbocycles. The van der Waals surface area contributed by atoms with Crippen molar-refractivity contribution in [2.24, 2.45) is 5.73 Å². The van der Waals surface area contributed by atoms with Crippen molar-refractivity contribution in [1.29, 1.82) is 0 Å². The number of primary amides is 1. The summed E-state index contributed by atoms with van der Waals surface area (Å²) in [6.07, 6.45) is 1.74. The maximum Gasteiger partial charge on any atom is 0.251 e. The van der Waals surface area contributed by atoms with Crippen LogP contribution in [0.25, 0.3) is 0 Å². The van der Waals surface area contributed by atoms with Crippen LogP contribution < -0.4 is 16.8 Å². The smallest absolute Gasteiger partial charge is 0.251 e. The molecule has 0 fully saturated rings. The van der Waals surface area contributed by atoms with Gasteiger partial charge in [0.05, 0.1) is 0 Å². The molecular formula is C13H18BrN3O2. The molecule has 1 aromatic rings. The highest BCUT2D eigenvalue weighted by atomic mass is 79.9. The van der Waals surface area contributed by atoms with Crippen LogP contribution in [0, 0.1) is 6.92 Å². The molecule has 0 radical (unpaired) electrons. The molecule has 0 saturated heterocycles. The van der Waals surface area contributed by atoms with Crippen LogP contribution >= 0.6 is 15.9 Å². The molecule has 0 spiro atoms. The molecule has 19 heavy (non-hydrogen) atoms. The number of nitrogen functional groups attached to an aromatic ring is 1. The van der Waals surface area contributed by atoms with E-state index in [1.54, 1.807) is 12.1 Å². The van der Waals surface area contributed by atoms with E-state index in [0.29, 0.717) is 30.6 Å². The molecule has 1 rings (SSSR count). The summed E-state index contributed by atoms with van der Waals surface area (Å²) < 4.78 is 0.773. The van der Waals surface area contributed by atoms with Crippen molar-refractivity contribution in [2.45, 2.75) is 26.2 Å². The summed E-state index contributed by atoms with van der Waals surface area (Å²) >= 11 is 3.31. The minimum absolute atomic E-state index is 0.162. The van der Waals surface area contributed by atoms with Crippen molar-refractivity contribution in [3.63, 3.8) is 0 Å². The topological polar surface area (TPSA) is 98.2 Å². The van der Waals surface area contributed by atoms with Crippen LogP contribution in [0.2, 0.25) is 0 Å². The highest BCUT2D eigenvalue weighted by molar-refractivity contribution is 9.10. The van der Waals surface area contributed by atoms with Crippen molar-refractivity contribution in [3.8, 4) is 0 Å². The lowest BCUT2D eigenvalue weighted by molar-refractivity contribution is -0.118. The van der Waals surface area contributed by atoms with Crippen LogP contribution in [0.3, 0.4) is 0 Å². The summed E-state index contributed by atoms with van der Waals surface area (Å²) in [7, 11) is 0. The fourth-order valence-corrected chi connectivity index (χ4v) is 2.13. The highest BCUT2D eigenvalue weighted by Crippen LogP contribution is 2.22. The van der Waals surface area contributed by atoms with Gasteiger partial charge in [0, 0.05) is 28.7 Å². The van der Waals surface area contributed by atoms with E-state index < -0.39 is 0 Å². The number of hydrogen-bond donors (Lipinski definition) is 3. The second-order valence-electron chi connectivity index (χ2n) is 4.35. The lowest BCUT2D eigenvalue weighted by Crippen LogP contribution is -2.25. The number of nitrogens with two attached hydrogens (primary N) is 2. The van der Waals surface area contributed by atoms with E-state index in [9.17, 15) is 9.59 Å². The number of hydrogen-bond acceptors (Lipinski definition) is 3. The Morgan fingerprint density at radius 3 is 2.63 bits per heavy atom. The van der Waals surface area contributed by atoms with Gasteiger partial charge in [-0.3, -0.25) is 9.59 Å². The Kier molecular flexibility index (Phi) is 5.82. The first-order chi connectivity index (χ1) is 8.91. The number of anilines is 1. The van der Waals surface area contributed by atoms with Gasteiger partial charge < -0.3 is 16.8 Å². The van der Waals surface area contributed by atoms with Gasteiger partial charge in [0.25, 0.3) is 5.91 Å². The van der Waals surface area contributed by atoms with Crippen LogP contribution in [-0.2, 0) is 4.79 Å². The largest absolute Gasteiger partial charge is 0.398 e. The summed E-state index contributed by atoms with van der Waals surface area (Å²) in [5, 5.41) is 2.80. The summed E-state index contributed by atoms with van der Waals surface area (Å²) in [6.45, 7) is 2.32. The molecule has 0 aromatic heterocycles. The first-order valence-corrected chi connectivity index (χ1v) is 6.83. The Bertz CT molecular complexity index is 489. The summed E-state index contributed by atoms with van der Waals surface area (Å²) in [5.41, 5.74) is 12.7. The summed E-state index contributed by atoms with van der Waals surface area (Å²) in [5.74, 6) is -0.480. The van der Waals surface area contributed by atoms with E-state index in [2.05, 4.69) is 21.2 Å². The monoisotopic (exact) mass is 327 g/mol. The molecule has 104 valence electrons. The van der Waals surface area contributed by atoms with Crippen LogP contribution in [0.5, 0.6) is 0 Å². The molecule has 0 saturated carbocycles. The normalized spacial score (nSPS) is 10.2. The maximum atomic E-state index is 12.0. The molecule has 6 heteroatoms. The second-order valence-corrected chi connectivity index (χ2v) is 5.26. The number of carbonyl (C=O) groups is 2. The molecule has 0 atom stereocenters. The molecule has 0 aliphatic rings. The number of rotatable bonds is 6. The fraction of sp³-hybridized carbons (Fsp3) is 0.385. The number of nitrogens with one attached hydrogen (secondary N) is 1. The number of benzene rings is 1. The second kappa shape index (κ2) is 7.13.